The van der Waals surface area contributed by atoms with Crippen LogP contribution in [0.2, 0.25) is 5.02 Å². The van der Waals surface area contributed by atoms with Gasteiger partial charge in [0.1, 0.15) is 0 Å². The van der Waals surface area contributed by atoms with E-state index in [1.807, 2.05) is 24.3 Å². The lowest BCUT2D eigenvalue weighted by molar-refractivity contribution is -0.159. The second-order valence-corrected chi connectivity index (χ2v) is 6.59. The molecule has 1 atom stereocenters. The lowest BCUT2D eigenvalue weighted by atomic mass is 9.99. The number of rotatable bonds is 4. The number of hydrogen-bond acceptors (Lipinski definition) is 3. The van der Waals surface area contributed by atoms with Crippen LogP contribution in [-0.2, 0) is 33.7 Å². The van der Waals surface area contributed by atoms with Crippen molar-refractivity contribution >= 4 is 23.5 Å². The quantitative estimate of drug-likeness (QED) is 0.788. The molecule has 1 unspecified atom stereocenters. The molecule has 25 heavy (non-hydrogen) atoms. The molecule has 0 fully saturated rings. The molecule has 0 N–H and O–H groups in total. The molecule has 5 heteroatoms. The maximum atomic E-state index is 12.6. The van der Waals surface area contributed by atoms with E-state index in [1.165, 1.54) is 5.56 Å². The monoisotopic (exact) mass is 357 g/mol. The summed E-state index contributed by atoms with van der Waals surface area (Å²) in [6.45, 7) is 2.82. The van der Waals surface area contributed by atoms with E-state index in [0.29, 0.717) is 23.7 Å². The zero-order chi connectivity index (χ0) is 17.8. The third-order valence-corrected chi connectivity index (χ3v) is 4.76. The van der Waals surface area contributed by atoms with Crippen molar-refractivity contribution in [3.8, 4) is 0 Å². The average molecular weight is 358 g/mol. The van der Waals surface area contributed by atoms with Crippen molar-refractivity contribution in [3.63, 3.8) is 0 Å². The van der Waals surface area contributed by atoms with Crippen molar-refractivity contribution in [2.24, 2.45) is 0 Å². The summed E-state index contributed by atoms with van der Waals surface area (Å²) in [5, 5.41) is 0.520. The van der Waals surface area contributed by atoms with Gasteiger partial charge < -0.3 is 9.64 Å². The number of carbonyl (C=O) groups is 2. The number of hydrogen-bond donors (Lipinski definition) is 0. The topological polar surface area (TPSA) is 46.6 Å². The van der Waals surface area contributed by atoms with Gasteiger partial charge in [0.15, 0.2) is 6.10 Å². The molecule has 2 aromatic rings. The van der Waals surface area contributed by atoms with Gasteiger partial charge in [-0.2, -0.15) is 0 Å². The minimum absolute atomic E-state index is 0.0557. The number of ether oxygens (including phenoxy) is 1. The van der Waals surface area contributed by atoms with E-state index in [9.17, 15) is 9.59 Å². The van der Waals surface area contributed by atoms with Crippen molar-refractivity contribution < 1.29 is 14.3 Å². The average Bonchev–Trinajstić information content (AvgIpc) is 2.62. The maximum Gasteiger partial charge on any atom is 0.311 e. The van der Waals surface area contributed by atoms with Gasteiger partial charge in [0.25, 0.3) is 5.91 Å². The van der Waals surface area contributed by atoms with E-state index in [4.69, 9.17) is 16.3 Å². The van der Waals surface area contributed by atoms with Crippen molar-refractivity contribution in [1.82, 2.24) is 4.90 Å². The van der Waals surface area contributed by atoms with Gasteiger partial charge in [0.05, 0.1) is 6.42 Å². The molecule has 0 aliphatic carbocycles. The highest BCUT2D eigenvalue weighted by atomic mass is 35.5. The summed E-state index contributed by atoms with van der Waals surface area (Å²) in [5.41, 5.74) is 3.12. The third kappa shape index (κ3) is 4.20. The van der Waals surface area contributed by atoms with Crippen LogP contribution in [0.3, 0.4) is 0 Å². The third-order valence-electron chi connectivity index (χ3n) is 4.39. The highest BCUT2D eigenvalue weighted by Crippen LogP contribution is 2.20. The zero-order valence-electron chi connectivity index (χ0n) is 14.1. The van der Waals surface area contributed by atoms with Crippen LogP contribution >= 0.6 is 11.6 Å². The number of esters is 1. The number of benzene rings is 2. The summed E-state index contributed by atoms with van der Waals surface area (Å²) >= 11 is 6.05. The van der Waals surface area contributed by atoms with Crippen LogP contribution in [0.1, 0.15) is 23.6 Å². The van der Waals surface area contributed by atoms with Gasteiger partial charge in [-0.05, 0) is 36.1 Å². The lowest BCUT2D eigenvalue weighted by Gasteiger charge is -2.30. The van der Waals surface area contributed by atoms with Gasteiger partial charge in [-0.3, -0.25) is 9.59 Å². The van der Waals surface area contributed by atoms with E-state index in [-0.39, 0.29) is 12.3 Å². The molecule has 0 saturated carbocycles. The molecule has 130 valence electrons. The Bertz CT molecular complexity index is 790. The fourth-order valence-corrected chi connectivity index (χ4v) is 3.23. The minimum atomic E-state index is -0.805. The number of fused-ring (bicyclic) bond motifs is 1. The first kappa shape index (κ1) is 17.5. The minimum Gasteiger partial charge on any atom is -0.452 e. The van der Waals surface area contributed by atoms with Crippen molar-refractivity contribution in [1.29, 1.82) is 0 Å². The summed E-state index contributed by atoms with van der Waals surface area (Å²) < 4.78 is 5.32. The van der Waals surface area contributed by atoms with E-state index < -0.39 is 12.1 Å². The molecule has 4 nitrogen and oxygen atoms in total. The van der Waals surface area contributed by atoms with Gasteiger partial charge in [-0.25, -0.2) is 0 Å². The second-order valence-electron chi connectivity index (χ2n) is 6.18. The van der Waals surface area contributed by atoms with Crippen LogP contribution in [0, 0.1) is 0 Å². The van der Waals surface area contributed by atoms with Crippen LogP contribution in [0.5, 0.6) is 0 Å². The Balaban J connectivity index is 1.58. The van der Waals surface area contributed by atoms with E-state index in [1.54, 1.807) is 30.0 Å². The summed E-state index contributed by atoms with van der Waals surface area (Å²) in [7, 11) is 0. The zero-order valence-corrected chi connectivity index (χ0v) is 14.8. The predicted molar refractivity (Wildman–Crippen MR) is 96.3 cm³/mol. The Morgan fingerprint density at radius 2 is 1.80 bits per heavy atom. The summed E-state index contributed by atoms with van der Waals surface area (Å²) in [4.78, 5) is 26.4. The predicted octanol–water partition coefficient (Wildman–Crippen LogP) is 3.40. The Kier molecular flexibility index (Phi) is 5.39. The van der Waals surface area contributed by atoms with Gasteiger partial charge in [-0.15, -0.1) is 0 Å². The molecular weight excluding hydrogens is 338 g/mol. The van der Waals surface area contributed by atoms with Gasteiger partial charge in [-0.1, -0.05) is 54.1 Å². The molecule has 2 aromatic carbocycles. The van der Waals surface area contributed by atoms with Crippen LogP contribution in [-0.4, -0.2) is 29.4 Å². The van der Waals surface area contributed by atoms with Gasteiger partial charge >= 0.3 is 5.97 Å². The van der Waals surface area contributed by atoms with E-state index in [2.05, 4.69) is 6.07 Å². The fourth-order valence-electron chi connectivity index (χ4n) is 3.03. The Hall–Kier alpha value is -2.33. The Morgan fingerprint density at radius 1 is 1.12 bits per heavy atom. The normalized spacial score (nSPS) is 14.6. The molecule has 0 bridgehead atoms. The van der Waals surface area contributed by atoms with Crippen molar-refractivity contribution in [2.45, 2.75) is 32.4 Å². The van der Waals surface area contributed by atoms with Crippen molar-refractivity contribution in [3.05, 3.63) is 70.2 Å². The number of nitrogens with zero attached hydrogens (tertiary/aromatic N) is 1. The highest BCUT2D eigenvalue weighted by Gasteiger charge is 2.27. The number of carbonyl (C=O) groups excluding carboxylic acids is 2. The summed E-state index contributed by atoms with van der Waals surface area (Å²) in [6, 6.07) is 15.2. The van der Waals surface area contributed by atoms with Crippen LogP contribution in [0.25, 0.3) is 0 Å². The summed E-state index contributed by atoms with van der Waals surface area (Å²) in [5.74, 6) is -0.617. The second kappa shape index (κ2) is 7.70. The number of halogens is 1. The SMILES string of the molecule is CC(OC(=O)Cc1ccccc1Cl)C(=O)N1CCc2ccccc2C1. The molecule has 0 saturated heterocycles. The van der Waals surface area contributed by atoms with Gasteiger partial charge in [0.2, 0.25) is 0 Å². The molecule has 0 spiro atoms. The van der Waals surface area contributed by atoms with Gasteiger partial charge in [0, 0.05) is 18.1 Å². The molecule has 0 aromatic heterocycles. The molecule has 1 heterocycles. The Labute approximate surface area is 152 Å². The van der Waals surface area contributed by atoms with Crippen LogP contribution in [0.4, 0.5) is 0 Å². The standard InChI is InChI=1S/C20H20ClNO3/c1-14(25-19(23)12-16-7-4-5-9-18(16)21)20(24)22-11-10-15-6-2-3-8-17(15)13-22/h2-9,14H,10-13H2,1H3. The van der Waals surface area contributed by atoms with Crippen LogP contribution < -0.4 is 0 Å². The first-order chi connectivity index (χ1) is 12.0. The van der Waals surface area contributed by atoms with E-state index in [0.717, 1.165) is 12.0 Å². The fraction of sp³-hybridized carbons (Fsp3) is 0.300. The lowest BCUT2D eigenvalue weighted by Crippen LogP contribution is -2.42. The highest BCUT2D eigenvalue weighted by molar-refractivity contribution is 6.31. The van der Waals surface area contributed by atoms with E-state index >= 15 is 0 Å². The molecule has 1 aliphatic rings. The number of amides is 1. The first-order valence-electron chi connectivity index (χ1n) is 8.33. The smallest absolute Gasteiger partial charge is 0.311 e. The molecule has 1 amide bonds. The summed E-state index contributed by atoms with van der Waals surface area (Å²) in [6.07, 6.45) is 0.0720. The largest absolute Gasteiger partial charge is 0.452 e. The Morgan fingerprint density at radius 3 is 2.56 bits per heavy atom. The molecule has 0 radical (unpaired) electrons. The first-order valence-corrected chi connectivity index (χ1v) is 8.71. The molecule has 1 aliphatic heterocycles. The molecular formula is C20H20ClNO3. The molecule has 3 rings (SSSR count). The maximum absolute atomic E-state index is 12.6. The van der Waals surface area contributed by atoms with Crippen molar-refractivity contribution in [2.75, 3.05) is 6.54 Å². The van der Waals surface area contributed by atoms with Crippen LogP contribution in [0.15, 0.2) is 48.5 Å².